The summed E-state index contributed by atoms with van der Waals surface area (Å²) in [6, 6.07) is 1.70. The molecule has 0 aliphatic carbocycles. The van der Waals surface area contributed by atoms with Crippen LogP contribution in [0.3, 0.4) is 0 Å². The molecule has 4 nitrogen and oxygen atoms in total. The molecule has 14 heavy (non-hydrogen) atoms. The molecular formula is C9H13BrN2O2. The summed E-state index contributed by atoms with van der Waals surface area (Å²) in [5.74, 6) is 0.100. The average Bonchev–Trinajstić information content (AvgIpc) is 2.45. The summed E-state index contributed by atoms with van der Waals surface area (Å²) in [5, 5.41) is 2.72. The molecule has 1 aromatic rings. The van der Waals surface area contributed by atoms with Gasteiger partial charge in [0.15, 0.2) is 10.4 Å². The maximum absolute atomic E-state index is 11.6. The fourth-order valence-corrected chi connectivity index (χ4v) is 1.52. The van der Waals surface area contributed by atoms with Crippen molar-refractivity contribution in [3.63, 3.8) is 0 Å². The van der Waals surface area contributed by atoms with Crippen molar-refractivity contribution in [3.8, 4) is 0 Å². The van der Waals surface area contributed by atoms with Crippen LogP contribution in [0.4, 0.5) is 0 Å². The molecule has 78 valence electrons. The largest absolute Gasteiger partial charge is 0.444 e. The van der Waals surface area contributed by atoms with E-state index in [0.717, 1.165) is 5.56 Å². The smallest absolute Gasteiger partial charge is 0.287 e. The number of hydrogen-bond donors (Lipinski definition) is 2. The summed E-state index contributed by atoms with van der Waals surface area (Å²) >= 11 is 3.16. The van der Waals surface area contributed by atoms with Crippen molar-refractivity contribution in [1.82, 2.24) is 5.32 Å². The van der Waals surface area contributed by atoms with Gasteiger partial charge in [-0.2, -0.15) is 0 Å². The lowest BCUT2D eigenvalue weighted by Gasteiger charge is -2.09. The number of amides is 1. The molecule has 1 atom stereocenters. The van der Waals surface area contributed by atoms with Crippen LogP contribution in [-0.2, 0) is 0 Å². The van der Waals surface area contributed by atoms with Crippen LogP contribution in [-0.4, -0.2) is 18.5 Å². The van der Waals surface area contributed by atoms with Gasteiger partial charge in [-0.3, -0.25) is 4.79 Å². The van der Waals surface area contributed by atoms with E-state index < -0.39 is 0 Å². The first-order chi connectivity index (χ1) is 6.54. The van der Waals surface area contributed by atoms with Gasteiger partial charge in [-0.05, 0) is 35.8 Å². The van der Waals surface area contributed by atoms with E-state index in [2.05, 4.69) is 21.2 Å². The van der Waals surface area contributed by atoms with Gasteiger partial charge in [-0.1, -0.05) is 0 Å². The van der Waals surface area contributed by atoms with Crippen LogP contribution in [0.1, 0.15) is 23.0 Å². The predicted octanol–water partition coefficient (Wildman–Crippen LogP) is 1.43. The fraction of sp³-hybridized carbons (Fsp3) is 0.444. The zero-order valence-corrected chi connectivity index (χ0v) is 9.72. The number of nitrogens with one attached hydrogen (secondary N) is 1. The Bertz CT molecular complexity index is 336. The highest BCUT2D eigenvalue weighted by molar-refractivity contribution is 9.10. The fourth-order valence-electron chi connectivity index (χ4n) is 1.02. The highest BCUT2D eigenvalue weighted by Crippen LogP contribution is 2.19. The molecule has 1 amide bonds. The van der Waals surface area contributed by atoms with Crippen molar-refractivity contribution < 1.29 is 9.21 Å². The van der Waals surface area contributed by atoms with Crippen LogP contribution >= 0.6 is 15.9 Å². The highest BCUT2D eigenvalue weighted by Gasteiger charge is 2.15. The van der Waals surface area contributed by atoms with Gasteiger partial charge < -0.3 is 15.5 Å². The van der Waals surface area contributed by atoms with Crippen molar-refractivity contribution >= 4 is 21.8 Å². The predicted molar refractivity (Wildman–Crippen MR) is 57.1 cm³/mol. The van der Waals surface area contributed by atoms with Gasteiger partial charge in [0.25, 0.3) is 5.91 Å². The molecule has 1 heterocycles. The third-order valence-electron chi connectivity index (χ3n) is 1.82. The van der Waals surface area contributed by atoms with Crippen LogP contribution < -0.4 is 11.1 Å². The summed E-state index contributed by atoms with van der Waals surface area (Å²) < 4.78 is 5.74. The summed E-state index contributed by atoms with van der Waals surface area (Å²) in [7, 11) is 0. The van der Waals surface area contributed by atoms with E-state index in [9.17, 15) is 4.79 Å². The third kappa shape index (κ3) is 2.59. The van der Waals surface area contributed by atoms with Crippen molar-refractivity contribution in [2.45, 2.75) is 19.9 Å². The molecule has 0 aromatic carbocycles. The monoisotopic (exact) mass is 260 g/mol. The Hall–Kier alpha value is -0.810. The van der Waals surface area contributed by atoms with Crippen LogP contribution in [0.15, 0.2) is 15.2 Å². The third-order valence-corrected chi connectivity index (χ3v) is 2.22. The SMILES string of the molecule is Cc1cc(Br)oc1C(=O)N[C@H](C)CN. The van der Waals surface area contributed by atoms with Crippen molar-refractivity contribution in [3.05, 3.63) is 22.1 Å². The van der Waals surface area contributed by atoms with Gasteiger partial charge in [0.05, 0.1) is 0 Å². The standard InChI is InChI=1S/C9H13BrN2O2/c1-5-3-7(10)14-8(5)9(13)12-6(2)4-11/h3,6H,4,11H2,1-2H3,(H,12,13)/t6-/m1/s1. The molecule has 5 heteroatoms. The van der Waals surface area contributed by atoms with E-state index >= 15 is 0 Å². The van der Waals surface area contributed by atoms with E-state index in [0.29, 0.717) is 17.0 Å². The zero-order valence-electron chi connectivity index (χ0n) is 8.13. The molecule has 0 saturated heterocycles. The first kappa shape index (κ1) is 11.3. The Morgan fingerprint density at radius 1 is 1.79 bits per heavy atom. The number of furan rings is 1. The van der Waals surface area contributed by atoms with Crippen LogP contribution in [0, 0.1) is 6.92 Å². The average molecular weight is 261 g/mol. The highest BCUT2D eigenvalue weighted by atomic mass is 79.9. The molecule has 0 radical (unpaired) electrons. The van der Waals surface area contributed by atoms with Crippen molar-refractivity contribution in [2.75, 3.05) is 6.54 Å². The number of carbonyl (C=O) groups excluding carboxylic acids is 1. The molecule has 1 rings (SSSR count). The first-order valence-corrected chi connectivity index (χ1v) is 5.10. The summed E-state index contributed by atoms with van der Waals surface area (Å²) in [4.78, 5) is 11.6. The Morgan fingerprint density at radius 2 is 2.43 bits per heavy atom. The summed E-state index contributed by atoms with van der Waals surface area (Å²) in [5.41, 5.74) is 6.19. The van der Waals surface area contributed by atoms with E-state index in [4.69, 9.17) is 10.2 Å². The Labute approximate surface area is 91.0 Å². The lowest BCUT2D eigenvalue weighted by atomic mass is 10.2. The summed E-state index contributed by atoms with van der Waals surface area (Å²) in [6.45, 7) is 4.06. The molecule has 3 N–H and O–H groups in total. The quantitative estimate of drug-likeness (QED) is 0.864. The second-order valence-electron chi connectivity index (χ2n) is 3.17. The van der Waals surface area contributed by atoms with Gasteiger partial charge >= 0.3 is 0 Å². The Kier molecular flexibility index (Phi) is 3.71. The molecular weight excluding hydrogens is 248 g/mol. The van der Waals surface area contributed by atoms with E-state index in [1.165, 1.54) is 0 Å². The Balaban J connectivity index is 2.74. The van der Waals surface area contributed by atoms with E-state index in [-0.39, 0.29) is 11.9 Å². The zero-order chi connectivity index (χ0) is 10.7. The molecule has 0 aliphatic heterocycles. The van der Waals surface area contributed by atoms with Gasteiger partial charge in [-0.25, -0.2) is 0 Å². The van der Waals surface area contributed by atoms with Crippen molar-refractivity contribution in [2.24, 2.45) is 5.73 Å². The van der Waals surface area contributed by atoms with Crippen LogP contribution in [0.25, 0.3) is 0 Å². The van der Waals surface area contributed by atoms with Crippen LogP contribution in [0.5, 0.6) is 0 Å². The lowest BCUT2D eigenvalue weighted by molar-refractivity contribution is 0.0911. The second-order valence-corrected chi connectivity index (χ2v) is 3.95. The number of nitrogens with two attached hydrogens (primary N) is 1. The first-order valence-electron chi connectivity index (χ1n) is 4.31. The topological polar surface area (TPSA) is 68.3 Å². The molecule has 0 unspecified atom stereocenters. The van der Waals surface area contributed by atoms with Gasteiger partial charge in [0.2, 0.25) is 0 Å². The van der Waals surface area contributed by atoms with Gasteiger partial charge in [-0.15, -0.1) is 0 Å². The molecule has 0 bridgehead atoms. The van der Waals surface area contributed by atoms with E-state index in [1.54, 1.807) is 6.07 Å². The molecule has 0 spiro atoms. The molecule has 0 fully saturated rings. The molecule has 0 aliphatic rings. The minimum absolute atomic E-state index is 0.0502. The minimum Gasteiger partial charge on any atom is -0.444 e. The number of rotatable bonds is 3. The molecule has 0 saturated carbocycles. The number of aryl methyl sites for hydroxylation is 1. The number of hydrogen-bond acceptors (Lipinski definition) is 3. The second kappa shape index (κ2) is 4.61. The van der Waals surface area contributed by atoms with E-state index in [1.807, 2.05) is 13.8 Å². The van der Waals surface area contributed by atoms with Gasteiger partial charge in [0.1, 0.15) is 0 Å². The Morgan fingerprint density at radius 3 is 2.86 bits per heavy atom. The number of halogens is 1. The van der Waals surface area contributed by atoms with Crippen molar-refractivity contribution in [1.29, 1.82) is 0 Å². The lowest BCUT2D eigenvalue weighted by Crippen LogP contribution is -2.37. The maximum Gasteiger partial charge on any atom is 0.287 e. The maximum atomic E-state index is 11.6. The normalized spacial score (nSPS) is 12.6. The molecule has 1 aromatic heterocycles. The van der Waals surface area contributed by atoms with Crippen LogP contribution in [0.2, 0.25) is 0 Å². The summed E-state index contributed by atoms with van der Waals surface area (Å²) in [6.07, 6.45) is 0. The van der Waals surface area contributed by atoms with Gasteiger partial charge in [0, 0.05) is 18.2 Å². The number of carbonyl (C=O) groups is 1. The minimum atomic E-state index is -0.230.